The lowest BCUT2D eigenvalue weighted by atomic mass is 10.1. The molecule has 0 unspecified atom stereocenters. The van der Waals surface area contributed by atoms with Gasteiger partial charge in [0, 0.05) is 12.5 Å². The number of morpholine rings is 1. The van der Waals surface area contributed by atoms with Gasteiger partial charge in [0.2, 0.25) is 0 Å². The first-order chi connectivity index (χ1) is 11.8. The number of nitrogens with one attached hydrogen (secondary N) is 1. The largest absolute Gasteiger partial charge is 0.411 e. The minimum Gasteiger partial charge on any atom is -0.374 e. The summed E-state index contributed by atoms with van der Waals surface area (Å²) in [5, 5.41) is 0. The van der Waals surface area contributed by atoms with Gasteiger partial charge in [-0.05, 0) is 43.8 Å². The van der Waals surface area contributed by atoms with Crippen LogP contribution < -0.4 is 9.62 Å². The molecule has 0 spiro atoms. The molecule has 25 heavy (non-hydrogen) atoms. The second-order valence-corrected chi connectivity index (χ2v) is 7.35. The summed E-state index contributed by atoms with van der Waals surface area (Å²) in [5.41, 5.74) is 0.593. The molecule has 2 fully saturated rings. The average molecular weight is 375 g/mol. The molecule has 0 aromatic heterocycles. The molecule has 1 aromatic rings. The zero-order valence-corrected chi connectivity index (χ0v) is 14.3. The van der Waals surface area contributed by atoms with Crippen molar-refractivity contribution < 1.29 is 22.3 Å². The van der Waals surface area contributed by atoms with E-state index >= 15 is 0 Å². The Morgan fingerprint density at radius 3 is 2.76 bits per heavy atom. The van der Waals surface area contributed by atoms with Gasteiger partial charge >= 0.3 is 6.18 Å². The van der Waals surface area contributed by atoms with Crippen LogP contribution in [0.3, 0.4) is 0 Å². The SMILES string of the molecule is C[C@H]1OCCN(c2cc(F)cc3c2N=C(C2CC2)NS3)[C@H]1C(F)(F)F. The third-order valence-corrected chi connectivity index (χ3v) is 5.46. The number of fused-ring (bicyclic) bond motifs is 1. The van der Waals surface area contributed by atoms with Gasteiger partial charge in [0.1, 0.15) is 17.3 Å². The Morgan fingerprint density at radius 1 is 1.32 bits per heavy atom. The summed E-state index contributed by atoms with van der Waals surface area (Å²) in [6.45, 7) is 1.59. The molecule has 136 valence electrons. The fraction of sp³-hybridized carbons (Fsp3) is 0.562. The lowest BCUT2D eigenvalue weighted by molar-refractivity contribution is -0.183. The van der Waals surface area contributed by atoms with Crippen LogP contribution >= 0.6 is 11.9 Å². The van der Waals surface area contributed by atoms with Crippen LogP contribution in [0.2, 0.25) is 0 Å². The number of aliphatic imine (C=N–C) groups is 1. The number of benzene rings is 1. The second kappa shape index (κ2) is 6.05. The minimum absolute atomic E-state index is 0.0385. The molecule has 1 N–H and O–H groups in total. The summed E-state index contributed by atoms with van der Waals surface area (Å²) in [4.78, 5) is 6.22. The van der Waals surface area contributed by atoms with Crippen LogP contribution in [0.1, 0.15) is 19.8 Å². The maximum atomic E-state index is 14.1. The van der Waals surface area contributed by atoms with Crippen LogP contribution in [0, 0.1) is 11.7 Å². The van der Waals surface area contributed by atoms with Crippen molar-refractivity contribution in [3.05, 3.63) is 17.9 Å². The van der Waals surface area contributed by atoms with Crippen LogP contribution in [0.5, 0.6) is 0 Å². The highest BCUT2D eigenvalue weighted by molar-refractivity contribution is 7.98. The summed E-state index contributed by atoms with van der Waals surface area (Å²) in [6.07, 6.45) is -3.49. The normalized spacial score (nSPS) is 26.8. The van der Waals surface area contributed by atoms with E-state index in [1.165, 1.54) is 29.8 Å². The second-order valence-electron chi connectivity index (χ2n) is 6.50. The maximum absolute atomic E-state index is 14.1. The van der Waals surface area contributed by atoms with E-state index in [2.05, 4.69) is 9.71 Å². The van der Waals surface area contributed by atoms with Crippen LogP contribution in [-0.4, -0.2) is 37.3 Å². The summed E-state index contributed by atoms with van der Waals surface area (Å²) < 4.78 is 63.2. The van der Waals surface area contributed by atoms with Crippen molar-refractivity contribution >= 4 is 29.2 Å². The molecule has 4 rings (SSSR count). The summed E-state index contributed by atoms with van der Waals surface area (Å²) in [7, 11) is 0. The fourth-order valence-corrected chi connectivity index (χ4v) is 4.13. The van der Waals surface area contributed by atoms with Crippen LogP contribution in [0.4, 0.5) is 28.9 Å². The van der Waals surface area contributed by atoms with Crippen LogP contribution in [-0.2, 0) is 4.74 Å². The van der Waals surface area contributed by atoms with Crippen molar-refractivity contribution in [1.82, 2.24) is 4.72 Å². The van der Waals surface area contributed by atoms with Crippen molar-refractivity contribution in [2.45, 2.75) is 43.0 Å². The lowest BCUT2D eigenvalue weighted by Crippen LogP contribution is -2.57. The molecule has 1 saturated carbocycles. The van der Waals surface area contributed by atoms with E-state index in [0.717, 1.165) is 24.7 Å². The standard InChI is InChI=1S/C16H17F4N3OS/c1-8-14(16(18,19)20)23(4-5-24-8)11-6-10(17)7-12-13(11)21-15(22-25-12)9-2-3-9/h6-9,14H,2-5H2,1H3,(H,21,22)/t8-,14-/m1/s1. The first-order valence-corrected chi connectivity index (χ1v) is 8.96. The Balaban J connectivity index is 1.80. The molecule has 0 bridgehead atoms. The molecule has 0 amide bonds. The van der Waals surface area contributed by atoms with E-state index in [1.807, 2.05) is 0 Å². The number of halogens is 4. The van der Waals surface area contributed by atoms with E-state index in [-0.39, 0.29) is 18.8 Å². The molecule has 4 nitrogen and oxygen atoms in total. The topological polar surface area (TPSA) is 36.9 Å². The summed E-state index contributed by atoms with van der Waals surface area (Å²) in [6, 6.07) is 0.623. The lowest BCUT2D eigenvalue weighted by Gasteiger charge is -2.42. The third kappa shape index (κ3) is 3.19. The van der Waals surface area contributed by atoms with Crippen molar-refractivity contribution in [1.29, 1.82) is 0 Å². The van der Waals surface area contributed by atoms with Crippen molar-refractivity contribution in [3.63, 3.8) is 0 Å². The summed E-state index contributed by atoms with van der Waals surface area (Å²) >= 11 is 1.21. The van der Waals surface area contributed by atoms with Gasteiger partial charge in [-0.1, -0.05) is 0 Å². The molecule has 2 heterocycles. The van der Waals surface area contributed by atoms with Crippen molar-refractivity contribution in [3.8, 4) is 0 Å². The molecule has 9 heteroatoms. The molecule has 1 saturated heterocycles. The van der Waals surface area contributed by atoms with Crippen LogP contribution in [0.25, 0.3) is 0 Å². The van der Waals surface area contributed by atoms with E-state index in [0.29, 0.717) is 16.5 Å². The van der Waals surface area contributed by atoms with E-state index < -0.39 is 24.1 Å². The Bertz CT molecular complexity index is 720. The molecule has 3 aliphatic rings. The zero-order valence-electron chi connectivity index (χ0n) is 13.4. The third-order valence-electron chi connectivity index (χ3n) is 4.62. The predicted octanol–water partition coefficient (Wildman–Crippen LogP) is 4.03. The number of ether oxygens (including phenoxy) is 1. The Labute approximate surface area is 146 Å². The Hall–Kier alpha value is -1.48. The van der Waals surface area contributed by atoms with Gasteiger partial charge in [0.05, 0.1) is 23.3 Å². The zero-order chi connectivity index (χ0) is 17.8. The van der Waals surface area contributed by atoms with Gasteiger partial charge in [-0.3, -0.25) is 0 Å². The number of hydrogen-bond acceptors (Lipinski definition) is 5. The number of anilines is 1. The molecular formula is C16H17F4N3OS. The first kappa shape index (κ1) is 17.0. The minimum atomic E-state index is -4.48. The average Bonchev–Trinajstić information content (AvgIpc) is 3.37. The molecular weight excluding hydrogens is 358 g/mol. The van der Waals surface area contributed by atoms with E-state index in [4.69, 9.17) is 4.74 Å². The number of amidine groups is 1. The number of nitrogens with zero attached hydrogens (tertiary/aromatic N) is 2. The number of rotatable bonds is 2. The van der Waals surface area contributed by atoms with Gasteiger partial charge in [-0.2, -0.15) is 13.2 Å². The molecule has 1 aromatic carbocycles. The van der Waals surface area contributed by atoms with Gasteiger partial charge < -0.3 is 14.4 Å². The number of alkyl halides is 3. The highest BCUT2D eigenvalue weighted by atomic mass is 32.2. The Kier molecular flexibility index (Phi) is 4.10. The summed E-state index contributed by atoms with van der Waals surface area (Å²) in [5.74, 6) is 0.504. The molecule has 2 atom stereocenters. The highest BCUT2D eigenvalue weighted by Gasteiger charge is 2.50. The van der Waals surface area contributed by atoms with E-state index in [9.17, 15) is 17.6 Å². The maximum Gasteiger partial charge on any atom is 0.411 e. The first-order valence-electron chi connectivity index (χ1n) is 8.14. The predicted molar refractivity (Wildman–Crippen MR) is 87.8 cm³/mol. The quantitative estimate of drug-likeness (QED) is 0.626. The van der Waals surface area contributed by atoms with Gasteiger partial charge in [-0.15, -0.1) is 0 Å². The smallest absolute Gasteiger partial charge is 0.374 e. The molecule has 0 radical (unpaired) electrons. The number of hydrogen-bond donors (Lipinski definition) is 1. The van der Waals surface area contributed by atoms with Gasteiger partial charge in [0.25, 0.3) is 0 Å². The van der Waals surface area contributed by atoms with Crippen molar-refractivity contribution in [2.24, 2.45) is 10.9 Å². The van der Waals surface area contributed by atoms with E-state index in [1.54, 1.807) is 0 Å². The van der Waals surface area contributed by atoms with Gasteiger partial charge in [-0.25, -0.2) is 9.38 Å². The van der Waals surface area contributed by atoms with Gasteiger partial charge in [0.15, 0.2) is 6.04 Å². The van der Waals surface area contributed by atoms with Crippen molar-refractivity contribution in [2.75, 3.05) is 18.1 Å². The molecule has 2 aliphatic heterocycles. The fourth-order valence-electron chi connectivity index (χ4n) is 3.29. The van der Waals surface area contributed by atoms with Crippen LogP contribution in [0.15, 0.2) is 22.0 Å². The highest BCUT2D eigenvalue weighted by Crippen LogP contribution is 2.46. The Morgan fingerprint density at radius 2 is 2.08 bits per heavy atom. The monoisotopic (exact) mass is 375 g/mol. The molecule has 1 aliphatic carbocycles.